The molecule has 2 aromatic rings. The normalized spacial score (nSPS) is 13.0. The number of ether oxygens (including phenoxy) is 1. The van der Waals surface area contributed by atoms with Gasteiger partial charge in [0.2, 0.25) is 11.9 Å². The van der Waals surface area contributed by atoms with E-state index in [1.165, 1.54) is 11.8 Å². The SMILES string of the molecule is CCCNC(=O)CSc1nnc2n1CCN2c1ccc(OCC)cc1. The van der Waals surface area contributed by atoms with Gasteiger partial charge in [-0.2, -0.15) is 0 Å². The van der Waals surface area contributed by atoms with Gasteiger partial charge in [0.1, 0.15) is 5.75 Å². The standard InChI is InChI=1S/C17H23N5O2S/c1-3-9-18-15(23)12-25-17-20-19-16-21(10-11-22(16)17)13-5-7-14(8-6-13)24-4-2/h5-8H,3-4,9-12H2,1-2H3,(H,18,23). The lowest BCUT2D eigenvalue weighted by atomic mass is 10.3. The number of rotatable bonds is 8. The van der Waals surface area contributed by atoms with Crippen molar-refractivity contribution in [3.05, 3.63) is 24.3 Å². The summed E-state index contributed by atoms with van der Waals surface area (Å²) < 4.78 is 7.55. The number of amides is 1. The topological polar surface area (TPSA) is 72.3 Å². The Morgan fingerprint density at radius 3 is 2.76 bits per heavy atom. The maximum absolute atomic E-state index is 11.8. The first kappa shape index (κ1) is 17.6. The Labute approximate surface area is 151 Å². The molecular weight excluding hydrogens is 338 g/mol. The molecule has 0 bridgehead atoms. The van der Waals surface area contributed by atoms with Crippen LogP contribution in [-0.4, -0.2) is 46.1 Å². The van der Waals surface area contributed by atoms with Crippen molar-refractivity contribution in [1.82, 2.24) is 20.1 Å². The number of carbonyl (C=O) groups is 1. The lowest BCUT2D eigenvalue weighted by Crippen LogP contribution is -2.25. The summed E-state index contributed by atoms with van der Waals surface area (Å²) in [6.07, 6.45) is 0.938. The van der Waals surface area contributed by atoms with E-state index < -0.39 is 0 Å². The van der Waals surface area contributed by atoms with Crippen LogP contribution in [0, 0.1) is 0 Å². The number of hydrogen-bond acceptors (Lipinski definition) is 6. The second-order valence-corrected chi connectivity index (χ2v) is 6.59. The highest BCUT2D eigenvalue weighted by Gasteiger charge is 2.26. The Hall–Kier alpha value is -2.22. The minimum atomic E-state index is 0.0329. The first-order valence-corrected chi connectivity index (χ1v) is 9.54. The van der Waals surface area contributed by atoms with E-state index in [4.69, 9.17) is 4.74 Å². The van der Waals surface area contributed by atoms with Crippen molar-refractivity contribution in [2.45, 2.75) is 32.0 Å². The van der Waals surface area contributed by atoms with Crippen molar-refractivity contribution >= 4 is 29.3 Å². The molecule has 1 N–H and O–H groups in total. The fourth-order valence-electron chi connectivity index (χ4n) is 2.66. The quantitative estimate of drug-likeness (QED) is 0.728. The van der Waals surface area contributed by atoms with Crippen LogP contribution in [0.5, 0.6) is 5.75 Å². The van der Waals surface area contributed by atoms with Crippen molar-refractivity contribution in [1.29, 1.82) is 0 Å². The van der Waals surface area contributed by atoms with E-state index in [1.54, 1.807) is 0 Å². The number of anilines is 2. The van der Waals surface area contributed by atoms with Crippen molar-refractivity contribution in [3.8, 4) is 5.75 Å². The molecule has 0 radical (unpaired) electrons. The van der Waals surface area contributed by atoms with Gasteiger partial charge in [-0.1, -0.05) is 18.7 Å². The van der Waals surface area contributed by atoms with Crippen LogP contribution in [0.1, 0.15) is 20.3 Å². The zero-order chi connectivity index (χ0) is 17.6. The van der Waals surface area contributed by atoms with E-state index in [9.17, 15) is 4.79 Å². The van der Waals surface area contributed by atoms with Crippen LogP contribution in [-0.2, 0) is 11.3 Å². The van der Waals surface area contributed by atoms with Crippen LogP contribution in [0.25, 0.3) is 0 Å². The van der Waals surface area contributed by atoms with Crippen molar-refractivity contribution < 1.29 is 9.53 Å². The average molecular weight is 361 g/mol. The predicted molar refractivity (Wildman–Crippen MR) is 98.7 cm³/mol. The van der Waals surface area contributed by atoms with E-state index in [-0.39, 0.29) is 5.91 Å². The summed E-state index contributed by atoms with van der Waals surface area (Å²) in [5, 5.41) is 12.2. The molecule has 1 aliphatic rings. The highest BCUT2D eigenvalue weighted by atomic mass is 32.2. The molecule has 1 aliphatic heterocycles. The van der Waals surface area contributed by atoms with Gasteiger partial charge < -0.3 is 15.0 Å². The molecule has 0 saturated heterocycles. The number of thioether (sulfide) groups is 1. The number of fused-ring (bicyclic) bond motifs is 1. The summed E-state index contributed by atoms with van der Waals surface area (Å²) in [5.41, 5.74) is 1.06. The first-order chi connectivity index (χ1) is 12.2. The third kappa shape index (κ3) is 4.07. The number of aromatic nitrogens is 3. The van der Waals surface area contributed by atoms with E-state index in [2.05, 4.69) is 25.0 Å². The Balaban J connectivity index is 1.65. The average Bonchev–Trinajstić information content (AvgIpc) is 3.21. The molecule has 25 heavy (non-hydrogen) atoms. The molecule has 0 aliphatic carbocycles. The Morgan fingerprint density at radius 1 is 1.24 bits per heavy atom. The lowest BCUT2D eigenvalue weighted by Gasteiger charge is -2.15. The number of hydrogen-bond donors (Lipinski definition) is 1. The monoisotopic (exact) mass is 361 g/mol. The molecule has 1 aromatic heterocycles. The van der Waals surface area contributed by atoms with Gasteiger partial charge in [-0.15, -0.1) is 10.2 Å². The van der Waals surface area contributed by atoms with Crippen LogP contribution >= 0.6 is 11.8 Å². The van der Waals surface area contributed by atoms with Gasteiger partial charge in [-0.25, -0.2) is 0 Å². The molecule has 0 spiro atoms. The summed E-state index contributed by atoms with van der Waals surface area (Å²) >= 11 is 1.43. The Bertz CT molecular complexity index is 716. The molecule has 8 heteroatoms. The second-order valence-electron chi connectivity index (χ2n) is 5.65. The van der Waals surface area contributed by atoms with Crippen LogP contribution in [0.15, 0.2) is 29.4 Å². The molecule has 3 rings (SSSR count). The zero-order valence-corrected chi connectivity index (χ0v) is 15.4. The number of carbonyl (C=O) groups excluding carboxylic acids is 1. The fraction of sp³-hybridized carbons (Fsp3) is 0.471. The highest BCUT2D eigenvalue weighted by Crippen LogP contribution is 2.32. The van der Waals surface area contributed by atoms with Crippen molar-refractivity contribution in [3.63, 3.8) is 0 Å². The van der Waals surface area contributed by atoms with Gasteiger partial charge >= 0.3 is 0 Å². The van der Waals surface area contributed by atoms with E-state index in [0.29, 0.717) is 18.9 Å². The minimum absolute atomic E-state index is 0.0329. The number of nitrogens with zero attached hydrogens (tertiary/aromatic N) is 4. The third-order valence-corrected chi connectivity index (χ3v) is 4.82. The molecule has 0 saturated carbocycles. The van der Waals surface area contributed by atoms with Gasteiger partial charge in [0.05, 0.1) is 12.4 Å². The van der Waals surface area contributed by atoms with E-state index in [0.717, 1.165) is 42.1 Å². The molecule has 0 atom stereocenters. The van der Waals surface area contributed by atoms with Crippen LogP contribution in [0.4, 0.5) is 11.6 Å². The highest BCUT2D eigenvalue weighted by molar-refractivity contribution is 7.99. The molecule has 1 amide bonds. The molecular formula is C17H23N5O2S. The molecule has 134 valence electrons. The molecule has 1 aromatic carbocycles. The summed E-state index contributed by atoms with van der Waals surface area (Å²) in [6, 6.07) is 7.98. The van der Waals surface area contributed by atoms with Gasteiger partial charge in [0, 0.05) is 25.3 Å². The maximum atomic E-state index is 11.8. The van der Waals surface area contributed by atoms with Crippen LogP contribution in [0.2, 0.25) is 0 Å². The third-order valence-electron chi connectivity index (χ3n) is 3.85. The molecule has 0 fully saturated rings. The predicted octanol–water partition coefficient (Wildman–Crippen LogP) is 2.45. The Morgan fingerprint density at radius 2 is 2.04 bits per heavy atom. The maximum Gasteiger partial charge on any atom is 0.232 e. The summed E-state index contributed by atoms with van der Waals surface area (Å²) in [6.45, 7) is 7.03. The Kier molecular flexibility index (Phi) is 5.80. The molecule has 0 unspecified atom stereocenters. The summed E-state index contributed by atoms with van der Waals surface area (Å²) in [5.74, 6) is 2.08. The molecule has 2 heterocycles. The smallest absolute Gasteiger partial charge is 0.232 e. The summed E-state index contributed by atoms with van der Waals surface area (Å²) in [4.78, 5) is 13.9. The van der Waals surface area contributed by atoms with Crippen LogP contribution in [0.3, 0.4) is 0 Å². The number of benzene rings is 1. The minimum Gasteiger partial charge on any atom is -0.494 e. The van der Waals surface area contributed by atoms with Crippen molar-refractivity contribution in [2.24, 2.45) is 0 Å². The first-order valence-electron chi connectivity index (χ1n) is 8.56. The number of nitrogens with one attached hydrogen (secondary N) is 1. The summed E-state index contributed by atoms with van der Waals surface area (Å²) in [7, 11) is 0. The van der Waals surface area contributed by atoms with Gasteiger partial charge in [-0.05, 0) is 37.6 Å². The van der Waals surface area contributed by atoms with Gasteiger partial charge in [0.25, 0.3) is 0 Å². The fourth-order valence-corrected chi connectivity index (χ4v) is 3.45. The molecule has 7 nitrogen and oxygen atoms in total. The van der Waals surface area contributed by atoms with Crippen LogP contribution < -0.4 is 15.0 Å². The van der Waals surface area contributed by atoms with Gasteiger partial charge in [0.15, 0.2) is 5.16 Å². The lowest BCUT2D eigenvalue weighted by molar-refractivity contribution is -0.118. The van der Waals surface area contributed by atoms with Crippen molar-refractivity contribution in [2.75, 3.05) is 30.3 Å². The second kappa shape index (κ2) is 8.24. The van der Waals surface area contributed by atoms with Gasteiger partial charge in [-0.3, -0.25) is 9.36 Å². The van der Waals surface area contributed by atoms with E-state index in [1.807, 2.05) is 38.1 Å². The largest absolute Gasteiger partial charge is 0.494 e. The zero-order valence-electron chi connectivity index (χ0n) is 14.6. The van der Waals surface area contributed by atoms with E-state index >= 15 is 0 Å².